The van der Waals surface area contributed by atoms with Crippen molar-refractivity contribution in [1.29, 1.82) is 5.26 Å². The van der Waals surface area contributed by atoms with Crippen LogP contribution in [0.15, 0.2) is 64.0 Å². The van der Waals surface area contributed by atoms with E-state index in [9.17, 15) is 10.1 Å². The average Bonchev–Trinajstić information content (AvgIpc) is 2.64. The first kappa shape index (κ1) is 16.5. The molecule has 4 nitrogen and oxygen atoms in total. The Labute approximate surface area is 158 Å². The van der Waals surface area contributed by atoms with Gasteiger partial charge in [-0.3, -0.25) is 9.78 Å². The molecule has 2 aromatic heterocycles. The van der Waals surface area contributed by atoms with E-state index in [1.807, 2.05) is 54.0 Å². The van der Waals surface area contributed by atoms with Gasteiger partial charge >= 0.3 is 0 Å². The summed E-state index contributed by atoms with van der Waals surface area (Å²) < 4.78 is 2.78. The normalized spacial score (nSPS) is 11.0. The van der Waals surface area contributed by atoms with Gasteiger partial charge < -0.3 is 4.57 Å². The van der Waals surface area contributed by atoms with Crippen LogP contribution in [0, 0.1) is 18.3 Å². The average molecular weight is 404 g/mol. The van der Waals surface area contributed by atoms with Crippen molar-refractivity contribution >= 4 is 37.7 Å². The van der Waals surface area contributed by atoms with Gasteiger partial charge in [-0.05, 0) is 42.8 Å². The zero-order valence-corrected chi connectivity index (χ0v) is 15.6. The zero-order valence-electron chi connectivity index (χ0n) is 14.0. The Morgan fingerprint density at radius 2 is 1.96 bits per heavy atom. The van der Waals surface area contributed by atoms with Crippen molar-refractivity contribution in [3.63, 3.8) is 0 Å². The van der Waals surface area contributed by atoms with Crippen molar-refractivity contribution < 1.29 is 0 Å². The molecule has 0 fully saturated rings. The third-order valence-corrected chi connectivity index (χ3v) is 4.93. The molecule has 0 N–H and O–H groups in total. The molecule has 0 atom stereocenters. The third-order valence-electron chi connectivity index (χ3n) is 4.43. The molecule has 2 heterocycles. The Morgan fingerprint density at radius 1 is 1.15 bits per heavy atom. The Kier molecular flexibility index (Phi) is 4.06. The van der Waals surface area contributed by atoms with Crippen molar-refractivity contribution in [3.05, 3.63) is 86.2 Å². The van der Waals surface area contributed by atoms with Crippen LogP contribution in [0.3, 0.4) is 0 Å². The molecule has 0 saturated carbocycles. The van der Waals surface area contributed by atoms with Crippen LogP contribution >= 0.6 is 15.9 Å². The number of pyridine rings is 2. The van der Waals surface area contributed by atoms with Crippen LogP contribution < -0.4 is 5.43 Å². The predicted octanol–water partition coefficient (Wildman–Crippen LogP) is 4.54. The second-order valence-electron chi connectivity index (χ2n) is 6.21. The zero-order chi connectivity index (χ0) is 18.3. The smallest absolute Gasteiger partial charge is 0.207 e. The summed E-state index contributed by atoms with van der Waals surface area (Å²) in [6, 6.07) is 17.6. The minimum atomic E-state index is -0.240. The Hall–Kier alpha value is -2.97. The first-order valence-electron chi connectivity index (χ1n) is 8.15. The number of hydrogen-bond donors (Lipinski definition) is 0. The third kappa shape index (κ3) is 2.79. The second-order valence-corrected chi connectivity index (χ2v) is 7.13. The number of aromatic nitrogens is 2. The molecule has 5 heteroatoms. The lowest BCUT2D eigenvalue weighted by Gasteiger charge is -2.14. The van der Waals surface area contributed by atoms with Crippen LogP contribution in [0.2, 0.25) is 0 Å². The van der Waals surface area contributed by atoms with E-state index in [2.05, 4.69) is 27.0 Å². The summed E-state index contributed by atoms with van der Waals surface area (Å²) in [6.45, 7) is 2.52. The number of hydrogen-bond acceptors (Lipinski definition) is 3. The molecule has 0 aliphatic heterocycles. The maximum Gasteiger partial charge on any atom is 0.207 e. The molecule has 0 aliphatic rings. The Morgan fingerprint density at radius 3 is 2.77 bits per heavy atom. The van der Waals surface area contributed by atoms with Gasteiger partial charge in [0.05, 0.1) is 11.0 Å². The molecule has 0 aliphatic carbocycles. The van der Waals surface area contributed by atoms with E-state index in [1.165, 1.54) is 0 Å². The van der Waals surface area contributed by atoms with Gasteiger partial charge in [0.15, 0.2) is 0 Å². The van der Waals surface area contributed by atoms with Crippen LogP contribution in [0.1, 0.15) is 16.8 Å². The van der Waals surface area contributed by atoms with Gasteiger partial charge in [0, 0.05) is 33.7 Å². The molecule has 26 heavy (non-hydrogen) atoms. The highest BCUT2D eigenvalue weighted by Crippen LogP contribution is 2.23. The van der Waals surface area contributed by atoms with E-state index in [-0.39, 0.29) is 11.0 Å². The number of halogens is 1. The maximum atomic E-state index is 12.5. The highest BCUT2D eigenvalue weighted by Gasteiger charge is 2.11. The molecule has 0 bridgehead atoms. The monoisotopic (exact) mass is 403 g/mol. The van der Waals surface area contributed by atoms with Crippen molar-refractivity contribution in [2.75, 3.05) is 0 Å². The van der Waals surface area contributed by atoms with E-state index < -0.39 is 0 Å². The fourth-order valence-corrected chi connectivity index (χ4v) is 3.65. The summed E-state index contributed by atoms with van der Waals surface area (Å²) in [4.78, 5) is 17.1. The first-order valence-corrected chi connectivity index (χ1v) is 8.94. The standard InChI is InChI=1S/C21H14BrN3O/c1-13-8-14(17-4-2-3-5-19(17)24-13)11-25-12-15(10-23)21(26)18-9-16(22)6-7-20(18)25/h2-9,12H,11H2,1H3. The fraction of sp³-hybridized carbons (Fsp3) is 0.0952. The minimum absolute atomic E-state index is 0.144. The van der Waals surface area contributed by atoms with Gasteiger partial charge in [0.1, 0.15) is 11.6 Å². The molecule has 0 saturated heterocycles. The van der Waals surface area contributed by atoms with Crippen LogP contribution in [0.5, 0.6) is 0 Å². The molecule has 0 radical (unpaired) electrons. The van der Waals surface area contributed by atoms with E-state index >= 15 is 0 Å². The molecular formula is C21H14BrN3O. The summed E-state index contributed by atoms with van der Waals surface area (Å²) in [7, 11) is 0. The van der Waals surface area contributed by atoms with Crippen molar-refractivity contribution in [2.45, 2.75) is 13.5 Å². The number of nitriles is 1. The lowest BCUT2D eigenvalue weighted by molar-refractivity contribution is 0.826. The van der Waals surface area contributed by atoms with Gasteiger partial charge in [0.2, 0.25) is 5.43 Å². The van der Waals surface area contributed by atoms with Crippen molar-refractivity contribution in [3.8, 4) is 6.07 Å². The minimum Gasteiger partial charge on any atom is -0.341 e. The van der Waals surface area contributed by atoms with Crippen LogP contribution in [0.4, 0.5) is 0 Å². The highest BCUT2D eigenvalue weighted by molar-refractivity contribution is 9.10. The quantitative estimate of drug-likeness (QED) is 0.493. The summed E-state index contributed by atoms with van der Waals surface area (Å²) in [5, 5.41) is 11.0. The SMILES string of the molecule is Cc1cc(Cn2cc(C#N)c(=O)c3cc(Br)ccc32)c2ccccc2n1. The summed E-state index contributed by atoms with van der Waals surface area (Å²) in [6.07, 6.45) is 1.64. The van der Waals surface area contributed by atoms with E-state index in [0.717, 1.165) is 32.1 Å². The molecule has 4 rings (SSSR count). The van der Waals surface area contributed by atoms with Gasteiger partial charge in [-0.25, -0.2) is 0 Å². The van der Waals surface area contributed by atoms with Crippen molar-refractivity contribution in [1.82, 2.24) is 9.55 Å². The first-order chi connectivity index (χ1) is 12.6. The van der Waals surface area contributed by atoms with Crippen LogP contribution in [0.25, 0.3) is 21.8 Å². The Balaban J connectivity index is 1.98. The number of fused-ring (bicyclic) bond motifs is 2. The maximum absolute atomic E-state index is 12.5. The lowest BCUT2D eigenvalue weighted by Crippen LogP contribution is -2.14. The van der Waals surface area contributed by atoms with Crippen LogP contribution in [-0.2, 0) is 6.54 Å². The lowest BCUT2D eigenvalue weighted by atomic mass is 10.1. The van der Waals surface area contributed by atoms with Crippen molar-refractivity contribution in [2.24, 2.45) is 0 Å². The number of rotatable bonds is 2. The molecule has 0 amide bonds. The second kappa shape index (κ2) is 6.40. The van der Waals surface area contributed by atoms with E-state index in [1.54, 1.807) is 12.3 Å². The molecule has 0 spiro atoms. The molecule has 0 unspecified atom stereocenters. The number of para-hydroxylation sites is 1. The number of aryl methyl sites for hydroxylation is 1. The van der Waals surface area contributed by atoms with Gasteiger partial charge in [0.25, 0.3) is 0 Å². The summed E-state index contributed by atoms with van der Waals surface area (Å²) in [5.41, 5.74) is 3.69. The molecule has 4 aromatic rings. The van der Waals surface area contributed by atoms with Gasteiger partial charge in [-0.15, -0.1) is 0 Å². The summed E-state index contributed by atoms with van der Waals surface area (Å²) in [5.74, 6) is 0. The number of nitrogens with zero attached hydrogens (tertiary/aromatic N) is 3. The van der Waals surface area contributed by atoms with E-state index in [4.69, 9.17) is 0 Å². The number of benzene rings is 2. The largest absolute Gasteiger partial charge is 0.341 e. The predicted molar refractivity (Wildman–Crippen MR) is 106 cm³/mol. The van der Waals surface area contributed by atoms with Gasteiger partial charge in [-0.1, -0.05) is 34.1 Å². The van der Waals surface area contributed by atoms with Gasteiger partial charge in [-0.2, -0.15) is 5.26 Å². The molecule has 2 aromatic carbocycles. The Bertz CT molecular complexity index is 1270. The summed E-state index contributed by atoms with van der Waals surface area (Å²) >= 11 is 3.41. The van der Waals surface area contributed by atoms with E-state index in [0.29, 0.717) is 11.9 Å². The highest BCUT2D eigenvalue weighted by atomic mass is 79.9. The molecular weight excluding hydrogens is 390 g/mol. The van der Waals surface area contributed by atoms with Crippen LogP contribution in [-0.4, -0.2) is 9.55 Å². The molecule has 126 valence electrons. The topological polar surface area (TPSA) is 58.7 Å². The fourth-order valence-electron chi connectivity index (χ4n) is 3.29.